The normalized spacial score (nSPS) is 15.8. The van der Waals surface area contributed by atoms with Gasteiger partial charge in [-0.3, -0.25) is 9.59 Å². The number of carbonyl (C=O) groups excluding carboxylic acids is 2. The number of benzene rings is 2. The van der Waals surface area contributed by atoms with Crippen molar-refractivity contribution < 1.29 is 19.1 Å². The van der Waals surface area contributed by atoms with Crippen LogP contribution in [0.25, 0.3) is 10.2 Å². The minimum Gasteiger partial charge on any atom is -0.497 e. The number of fused-ring (bicyclic) bond motifs is 1. The molecule has 2 amide bonds. The maximum Gasteiger partial charge on any atom is 0.270 e. The third-order valence-electron chi connectivity index (χ3n) is 6.71. The molecule has 0 N–H and O–H groups in total. The first-order chi connectivity index (χ1) is 17.5. The molecule has 2 aromatic carbocycles. The Morgan fingerprint density at radius 1 is 0.944 bits per heavy atom. The Balaban J connectivity index is 1.34. The number of ether oxygens (including phenoxy) is 2. The van der Waals surface area contributed by atoms with Crippen molar-refractivity contribution in [2.45, 2.75) is 19.5 Å². The lowest BCUT2D eigenvalue weighted by molar-refractivity contribution is 0.0409. The van der Waals surface area contributed by atoms with Crippen LogP contribution < -0.4 is 9.47 Å². The number of amides is 2. The van der Waals surface area contributed by atoms with Gasteiger partial charge >= 0.3 is 0 Å². The van der Waals surface area contributed by atoms with E-state index in [0.717, 1.165) is 21.5 Å². The highest BCUT2D eigenvalue weighted by Crippen LogP contribution is 2.28. The summed E-state index contributed by atoms with van der Waals surface area (Å²) in [4.78, 5) is 31.6. The zero-order valence-corrected chi connectivity index (χ0v) is 21.5. The number of rotatable bonds is 6. The van der Waals surface area contributed by atoms with Crippen LogP contribution in [0, 0.1) is 0 Å². The largest absolute Gasteiger partial charge is 0.497 e. The molecule has 2 aromatic heterocycles. The molecule has 0 bridgehead atoms. The highest BCUT2D eigenvalue weighted by atomic mass is 32.1. The Kier molecular flexibility index (Phi) is 6.69. The molecule has 0 radical (unpaired) electrons. The molecule has 1 atom stereocenters. The fraction of sp³-hybridized carbons (Fsp3) is 0.286. The molecule has 186 valence electrons. The number of nitrogens with zero attached hydrogens (tertiary/aromatic N) is 3. The maximum atomic E-state index is 13.7. The van der Waals surface area contributed by atoms with Crippen LogP contribution in [-0.2, 0) is 6.54 Å². The van der Waals surface area contributed by atoms with Crippen molar-refractivity contribution in [1.82, 2.24) is 14.4 Å². The number of methoxy groups -OCH3 is 2. The van der Waals surface area contributed by atoms with Crippen LogP contribution in [0.15, 0.2) is 66.0 Å². The summed E-state index contributed by atoms with van der Waals surface area (Å²) in [5, 5.41) is 3.11. The van der Waals surface area contributed by atoms with E-state index in [4.69, 9.17) is 9.47 Å². The summed E-state index contributed by atoms with van der Waals surface area (Å²) in [6.07, 6.45) is 0. The molecule has 8 heteroatoms. The van der Waals surface area contributed by atoms with Gasteiger partial charge in [-0.25, -0.2) is 0 Å². The predicted octanol–water partition coefficient (Wildman–Crippen LogP) is 4.76. The van der Waals surface area contributed by atoms with E-state index in [9.17, 15) is 9.59 Å². The first-order valence-electron chi connectivity index (χ1n) is 11.9. The zero-order valence-electron chi connectivity index (χ0n) is 20.6. The van der Waals surface area contributed by atoms with Crippen molar-refractivity contribution in [2.75, 3.05) is 33.9 Å². The lowest BCUT2D eigenvalue weighted by Crippen LogP contribution is -2.55. The van der Waals surface area contributed by atoms with E-state index in [0.29, 0.717) is 43.2 Å². The van der Waals surface area contributed by atoms with Gasteiger partial charge in [-0.1, -0.05) is 12.1 Å². The van der Waals surface area contributed by atoms with Crippen LogP contribution in [0.1, 0.15) is 33.3 Å². The molecule has 36 heavy (non-hydrogen) atoms. The van der Waals surface area contributed by atoms with Gasteiger partial charge in [0.25, 0.3) is 11.8 Å². The lowest BCUT2D eigenvalue weighted by atomic mass is 10.1. The maximum absolute atomic E-state index is 13.7. The molecule has 4 aromatic rings. The van der Waals surface area contributed by atoms with Gasteiger partial charge in [-0.2, -0.15) is 0 Å². The monoisotopic (exact) mass is 503 g/mol. The topological polar surface area (TPSA) is 64.0 Å². The van der Waals surface area contributed by atoms with Crippen LogP contribution >= 0.6 is 11.3 Å². The van der Waals surface area contributed by atoms with Crippen LogP contribution in [0.3, 0.4) is 0 Å². The first-order valence-corrected chi connectivity index (χ1v) is 12.8. The molecule has 3 heterocycles. The molecule has 1 aliphatic heterocycles. The van der Waals surface area contributed by atoms with Crippen LogP contribution in [0.5, 0.6) is 11.5 Å². The van der Waals surface area contributed by atoms with Crippen LogP contribution in [0.2, 0.25) is 0 Å². The Bertz CT molecular complexity index is 1390. The minimum absolute atomic E-state index is 0.00954. The number of piperazine rings is 1. The van der Waals surface area contributed by atoms with E-state index >= 15 is 0 Å². The van der Waals surface area contributed by atoms with E-state index in [1.54, 1.807) is 49.8 Å². The minimum atomic E-state index is -0.0970. The van der Waals surface area contributed by atoms with Crippen LogP contribution in [0.4, 0.5) is 0 Å². The van der Waals surface area contributed by atoms with Crippen molar-refractivity contribution in [3.63, 3.8) is 0 Å². The summed E-state index contributed by atoms with van der Waals surface area (Å²) in [5.74, 6) is 1.47. The van der Waals surface area contributed by atoms with Gasteiger partial charge in [0.2, 0.25) is 0 Å². The highest BCUT2D eigenvalue weighted by Gasteiger charge is 2.32. The van der Waals surface area contributed by atoms with E-state index in [-0.39, 0.29) is 17.9 Å². The summed E-state index contributed by atoms with van der Waals surface area (Å²) in [7, 11) is 3.26. The molecule has 0 spiro atoms. The summed E-state index contributed by atoms with van der Waals surface area (Å²) in [5.41, 5.74) is 2.36. The second-order valence-electron chi connectivity index (χ2n) is 8.98. The second kappa shape index (κ2) is 10.1. The third-order valence-corrected chi connectivity index (χ3v) is 7.66. The zero-order chi connectivity index (χ0) is 25.2. The van der Waals surface area contributed by atoms with Crippen molar-refractivity contribution in [1.29, 1.82) is 0 Å². The number of hydrogen-bond donors (Lipinski definition) is 0. The van der Waals surface area contributed by atoms with E-state index < -0.39 is 0 Å². The van der Waals surface area contributed by atoms with Gasteiger partial charge < -0.3 is 23.8 Å². The van der Waals surface area contributed by atoms with Crippen molar-refractivity contribution in [2.24, 2.45) is 0 Å². The Hall–Kier alpha value is -3.78. The Morgan fingerprint density at radius 2 is 1.72 bits per heavy atom. The quantitative estimate of drug-likeness (QED) is 0.381. The Morgan fingerprint density at radius 3 is 2.44 bits per heavy atom. The first kappa shape index (κ1) is 23.9. The second-order valence-corrected chi connectivity index (χ2v) is 9.87. The molecule has 5 rings (SSSR count). The average Bonchev–Trinajstić information content (AvgIpc) is 3.50. The van der Waals surface area contributed by atoms with Crippen LogP contribution in [-0.4, -0.2) is 66.1 Å². The third kappa shape index (κ3) is 4.56. The van der Waals surface area contributed by atoms with Gasteiger partial charge in [0, 0.05) is 43.2 Å². The highest BCUT2D eigenvalue weighted by molar-refractivity contribution is 7.16. The van der Waals surface area contributed by atoms with Crippen molar-refractivity contribution in [3.05, 3.63) is 82.9 Å². The molecule has 7 nitrogen and oxygen atoms in total. The molecule has 0 aliphatic carbocycles. The molecular formula is C28H29N3O4S. The average molecular weight is 504 g/mol. The lowest BCUT2D eigenvalue weighted by Gasteiger charge is -2.40. The number of carbonyl (C=O) groups is 2. The molecule has 1 saturated heterocycles. The van der Waals surface area contributed by atoms with E-state index in [1.165, 1.54) is 0 Å². The number of hydrogen-bond acceptors (Lipinski definition) is 5. The molecule has 0 saturated carbocycles. The van der Waals surface area contributed by atoms with E-state index in [1.807, 2.05) is 58.5 Å². The number of aromatic nitrogens is 1. The summed E-state index contributed by atoms with van der Waals surface area (Å²) >= 11 is 1.63. The van der Waals surface area contributed by atoms with Gasteiger partial charge in [-0.05, 0) is 66.4 Å². The summed E-state index contributed by atoms with van der Waals surface area (Å²) < 4.78 is 12.7. The smallest absolute Gasteiger partial charge is 0.270 e. The van der Waals surface area contributed by atoms with Gasteiger partial charge in [0.15, 0.2) is 0 Å². The molecule has 1 fully saturated rings. The van der Waals surface area contributed by atoms with E-state index in [2.05, 4.69) is 4.57 Å². The predicted molar refractivity (Wildman–Crippen MR) is 141 cm³/mol. The van der Waals surface area contributed by atoms with Crippen molar-refractivity contribution >= 4 is 33.4 Å². The Labute approximate surface area is 214 Å². The molecule has 1 unspecified atom stereocenters. The van der Waals surface area contributed by atoms with Gasteiger partial charge in [0.05, 0.1) is 14.2 Å². The SMILES string of the molecule is COc1ccc(C(=O)N2CCN(C(=O)c3cc4ccsc4n3Cc3cccc(OC)c3)CC2C)cc1. The summed E-state index contributed by atoms with van der Waals surface area (Å²) in [6, 6.07) is 19.0. The molecular weight excluding hydrogens is 474 g/mol. The fourth-order valence-electron chi connectivity index (χ4n) is 4.77. The standard InChI is InChI=1S/C28H29N3O4S/c1-19-17-29(12-13-30(19)26(32)21-7-9-23(34-2)10-8-21)27(33)25-16-22-11-14-36-28(22)31(25)18-20-5-4-6-24(15-20)35-3/h4-11,14-16,19H,12-13,17-18H2,1-3H3. The van der Waals surface area contributed by atoms with Gasteiger partial charge in [-0.15, -0.1) is 11.3 Å². The van der Waals surface area contributed by atoms with Crippen molar-refractivity contribution in [3.8, 4) is 11.5 Å². The summed E-state index contributed by atoms with van der Waals surface area (Å²) in [6.45, 7) is 4.03. The fourth-order valence-corrected chi connectivity index (χ4v) is 5.66. The molecule has 1 aliphatic rings. The van der Waals surface area contributed by atoms with Gasteiger partial charge in [0.1, 0.15) is 22.0 Å². The number of thiophene rings is 1.